The Morgan fingerprint density at radius 1 is 0.556 bits per heavy atom. The van der Waals surface area contributed by atoms with E-state index >= 15 is 0 Å². The van der Waals surface area contributed by atoms with Crippen LogP contribution in [0.5, 0.6) is 0 Å². The van der Waals surface area contributed by atoms with Gasteiger partial charge in [-0.1, -0.05) is 136 Å². The number of hydrogen-bond acceptors (Lipinski definition) is 0. The fourth-order valence-electron chi connectivity index (χ4n) is 4.09. The molecular formula is C26H53Cl. The second-order valence-electron chi connectivity index (χ2n) is 9.37. The maximum Gasteiger partial charge on any atom is 0.0444 e. The van der Waals surface area contributed by atoms with Crippen LogP contribution in [0.25, 0.3) is 0 Å². The van der Waals surface area contributed by atoms with Crippen LogP contribution in [0.1, 0.15) is 156 Å². The van der Waals surface area contributed by atoms with Crippen molar-refractivity contribution in [3.05, 3.63) is 0 Å². The molecule has 0 aliphatic carbocycles. The van der Waals surface area contributed by atoms with Gasteiger partial charge in [0.1, 0.15) is 0 Å². The van der Waals surface area contributed by atoms with Crippen molar-refractivity contribution in [3.8, 4) is 0 Å². The van der Waals surface area contributed by atoms with Gasteiger partial charge in [0.15, 0.2) is 0 Å². The first-order chi connectivity index (χ1) is 13.0. The average molecular weight is 401 g/mol. The lowest BCUT2D eigenvalue weighted by Crippen LogP contribution is -2.26. The summed E-state index contributed by atoms with van der Waals surface area (Å²) >= 11 is 6.90. The molecule has 0 aromatic rings. The van der Waals surface area contributed by atoms with Gasteiger partial charge in [-0.2, -0.15) is 0 Å². The fraction of sp³-hybridized carbons (Fsp3) is 1.00. The van der Waals surface area contributed by atoms with Gasteiger partial charge in [-0.3, -0.25) is 0 Å². The molecule has 0 bridgehead atoms. The van der Waals surface area contributed by atoms with Gasteiger partial charge in [-0.15, -0.1) is 11.6 Å². The molecule has 0 saturated heterocycles. The number of rotatable bonds is 21. The largest absolute Gasteiger partial charge is 0.119 e. The summed E-state index contributed by atoms with van der Waals surface area (Å²) in [4.78, 5) is 0.0152. The first kappa shape index (κ1) is 27.3. The first-order valence-corrected chi connectivity index (χ1v) is 13.1. The lowest BCUT2D eigenvalue weighted by atomic mass is 9.85. The molecule has 1 heteroatoms. The van der Waals surface area contributed by atoms with Crippen LogP contribution in [0.3, 0.4) is 0 Å². The molecule has 0 aliphatic rings. The van der Waals surface area contributed by atoms with Gasteiger partial charge in [-0.25, -0.2) is 0 Å². The van der Waals surface area contributed by atoms with E-state index in [-0.39, 0.29) is 4.87 Å². The Morgan fingerprint density at radius 3 is 1.30 bits per heavy atom. The first-order valence-electron chi connectivity index (χ1n) is 12.7. The van der Waals surface area contributed by atoms with E-state index < -0.39 is 0 Å². The number of unbranched alkanes of at least 4 members (excludes halogenated alkanes) is 16. The van der Waals surface area contributed by atoms with Crippen molar-refractivity contribution in [2.24, 2.45) is 5.92 Å². The highest BCUT2D eigenvalue weighted by Crippen LogP contribution is 2.34. The highest BCUT2D eigenvalue weighted by molar-refractivity contribution is 6.23. The normalized spacial score (nSPS) is 15.0. The summed E-state index contributed by atoms with van der Waals surface area (Å²) < 4.78 is 0. The van der Waals surface area contributed by atoms with Crippen LogP contribution in [-0.4, -0.2) is 4.87 Å². The molecule has 0 rings (SSSR count). The summed E-state index contributed by atoms with van der Waals surface area (Å²) in [6.07, 6.45) is 27.9. The Bertz CT molecular complexity index is 284. The highest BCUT2D eigenvalue weighted by Gasteiger charge is 2.27. The minimum atomic E-state index is 0.0152. The van der Waals surface area contributed by atoms with Gasteiger partial charge in [0, 0.05) is 4.87 Å². The molecule has 2 unspecified atom stereocenters. The van der Waals surface area contributed by atoms with Gasteiger partial charge < -0.3 is 0 Å². The molecule has 0 radical (unpaired) electrons. The zero-order valence-electron chi connectivity index (χ0n) is 19.6. The van der Waals surface area contributed by atoms with Crippen molar-refractivity contribution in [2.75, 3.05) is 0 Å². The Balaban J connectivity index is 3.51. The van der Waals surface area contributed by atoms with E-state index in [4.69, 9.17) is 11.6 Å². The minimum absolute atomic E-state index is 0.0152. The van der Waals surface area contributed by atoms with E-state index in [1.165, 1.54) is 128 Å². The Morgan fingerprint density at radius 2 is 0.889 bits per heavy atom. The molecular weight excluding hydrogens is 348 g/mol. The molecule has 164 valence electrons. The van der Waals surface area contributed by atoms with Crippen LogP contribution in [0.4, 0.5) is 0 Å². The Kier molecular flexibility index (Phi) is 19.8. The maximum atomic E-state index is 6.90. The van der Waals surface area contributed by atoms with Crippen LogP contribution in [-0.2, 0) is 0 Å². The third-order valence-corrected chi connectivity index (χ3v) is 7.10. The fourth-order valence-corrected chi connectivity index (χ4v) is 4.33. The van der Waals surface area contributed by atoms with E-state index in [1.807, 2.05) is 0 Å². The molecule has 27 heavy (non-hydrogen) atoms. The maximum absolute atomic E-state index is 6.90. The predicted octanol–water partition coefficient (Wildman–Crippen LogP) is 10.5. The average Bonchev–Trinajstić information content (AvgIpc) is 2.65. The molecule has 0 saturated carbocycles. The zero-order chi connectivity index (χ0) is 20.2. The third kappa shape index (κ3) is 18.1. The molecule has 0 nitrogen and oxygen atoms in total. The molecule has 0 fully saturated rings. The predicted molar refractivity (Wildman–Crippen MR) is 127 cm³/mol. The van der Waals surface area contributed by atoms with Crippen molar-refractivity contribution in [1.82, 2.24) is 0 Å². The smallest absolute Gasteiger partial charge is 0.0444 e. The van der Waals surface area contributed by atoms with E-state index in [0.717, 1.165) is 0 Å². The van der Waals surface area contributed by atoms with E-state index in [9.17, 15) is 0 Å². The van der Waals surface area contributed by atoms with Crippen molar-refractivity contribution >= 4 is 11.6 Å². The van der Waals surface area contributed by atoms with E-state index in [0.29, 0.717) is 5.92 Å². The summed E-state index contributed by atoms with van der Waals surface area (Å²) in [6, 6.07) is 0. The molecule has 0 spiro atoms. The van der Waals surface area contributed by atoms with Gasteiger partial charge in [0.2, 0.25) is 0 Å². The van der Waals surface area contributed by atoms with E-state index in [1.54, 1.807) is 0 Å². The zero-order valence-corrected chi connectivity index (χ0v) is 20.4. The topological polar surface area (TPSA) is 0 Å². The summed E-state index contributed by atoms with van der Waals surface area (Å²) in [5.41, 5.74) is 0. The summed E-state index contributed by atoms with van der Waals surface area (Å²) in [5.74, 6) is 0.651. The van der Waals surface area contributed by atoms with Crippen LogP contribution < -0.4 is 0 Å². The molecule has 0 N–H and O–H groups in total. The number of alkyl halides is 1. The Labute approximate surface area is 178 Å². The molecule has 0 aromatic carbocycles. The lowest BCUT2D eigenvalue weighted by molar-refractivity contribution is 0.350. The summed E-state index contributed by atoms with van der Waals surface area (Å²) in [7, 11) is 0. The van der Waals surface area contributed by atoms with Gasteiger partial charge in [-0.05, 0) is 25.7 Å². The minimum Gasteiger partial charge on any atom is -0.119 e. The Hall–Kier alpha value is 0.290. The monoisotopic (exact) mass is 400 g/mol. The standard InChI is InChI=1S/C26H53Cl/c1-5-7-9-11-13-15-16-18-20-22-24-26(4,27)25(3)23-21-19-17-14-12-10-8-6-2/h25H,5-24H2,1-4H3. The van der Waals surface area contributed by atoms with Crippen molar-refractivity contribution in [3.63, 3.8) is 0 Å². The third-order valence-electron chi connectivity index (χ3n) is 6.54. The van der Waals surface area contributed by atoms with Gasteiger partial charge in [0.25, 0.3) is 0 Å². The summed E-state index contributed by atoms with van der Waals surface area (Å²) in [5, 5.41) is 0. The van der Waals surface area contributed by atoms with Gasteiger partial charge >= 0.3 is 0 Å². The van der Waals surface area contributed by atoms with Crippen molar-refractivity contribution in [2.45, 2.75) is 161 Å². The second kappa shape index (κ2) is 19.6. The van der Waals surface area contributed by atoms with Crippen LogP contribution in [0, 0.1) is 5.92 Å². The molecule has 0 aromatic heterocycles. The SMILES string of the molecule is CCCCCCCCCCCCC(C)(Cl)C(C)CCCCCCCCCC. The van der Waals surface area contributed by atoms with Crippen LogP contribution >= 0.6 is 11.6 Å². The molecule has 0 amide bonds. The number of hydrogen-bond donors (Lipinski definition) is 0. The van der Waals surface area contributed by atoms with Crippen molar-refractivity contribution < 1.29 is 0 Å². The number of halogens is 1. The summed E-state index contributed by atoms with van der Waals surface area (Å²) in [6.45, 7) is 9.25. The van der Waals surface area contributed by atoms with Crippen molar-refractivity contribution in [1.29, 1.82) is 0 Å². The molecule has 0 aliphatic heterocycles. The second-order valence-corrected chi connectivity index (χ2v) is 10.2. The van der Waals surface area contributed by atoms with Gasteiger partial charge in [0.05, 0.1) is 0 Å². The van der Waals surface area contributed by atoms with Crippen LogP contribution in [0.2, 0.25) is 0 Å². The molecule has 2 atom stereocenters. The quantitative estimate of drug-likeness (QED) is 0.133. The highest BCUT2D eigenvalue weighted by atomic mass is 35.5. The lowest BCUT2D eigenvalue weighted by Gasteiger charge is -2.29. The van der Waals surface area contributed by atoms with Crippen LogP contribution in [0.15, 0.2) is 0 Å². The van der Waals surface area contributed by atoms with E-state index in [2.05, 4.69) is 27.7 Å². The molecule has 0 heterocycles.